The Kier molecular flexibility index (Phi) is 7.49. The van der Waals surface area contributed by atoms with Gasteiger partial charge in [0.1, 0.15) is 0 Å². The first kappa shape index (κ1) is 14.7. The van der Waals surface area contributed by atoms with Crippen molar-refractivity contribution in [2.75, 3.05) is 19.6 Å². The van der Waals surface area contributed by atoms with E-state index in [9.17, 15) is 0 Å². The lowest BCUT2D eigenvalue weighted by Gasteiger charge is -2.09. The minimum absolute atomic E-state index is 0.957. The van der Waals surface area contributed by atoms with Crippen molar-refractivity contribution >= 4 is 15.9 Å². The monoisotopic (exact) mass is 298 g/mol. The molecule has 1 aromatic carbocycles. The van der Waals surface area contributed by atoms with E-state index >= 15 is 0 Å². The molecule has 1 rings (SSSR count). The first-order chi connectivity index (χ1) is 8.25. The van der Waals surface area contributed by atoms with Gasteiger partial charge in [0.2, 0.25) is 0 Å². The number of nitrogens with one attached hydrogen (secondary N) is 2. The van der Waals surface area contributed by atoms with Crippen LogP contribution in [0, 0.1) is 6.92 Å². The van der Waals surface area contributed by atoms with Gasteiger partial charge in [0.25, 0.3) is 0 Å². The summed E-state index contributed by atoms with van der Waals surface area (Å²) in [6.45, 7) is 8.62. The molecule has 0 atom stereocenters. The molecule has 0 radical (unpaired) electrons. The molecule has 3 heteroatoms. The van der Waals surface area contributed by atoms with Gasteiger partial charge in [0.15, 0.2) is 0 Å². The molecule has 0 saturated carbocycles. The van der Waals surface area contributed by atoms with Gasteiger partial charge in [-0.3, -0.25) is 0 Å². The highest BCUT2D eigenvalue weighted by Gasteiger charge is 2.00. The van der Waals surface area contributed by atoms with Gasteiger partial charge in [-0.15, -0.1) is 0 Å². The van der Waals surface area contributed by atoms with Crippen LogP contribution in [-0.2, 0) is 6.54 Å². The smallest absolute Gasteiger partial charge is 0.0208 e. The van der Waals surface area contributed by atoms with Gasteiger partial charge in [-0.05, 0) is 56.6 Å². The van der Waals surface area contributed by atoms with E-state index in [4.69, 9.17) is 0 Å². The van der Waals surface area contributed by atoms with Crippen LogP contribution < -0.4 is 10.6 Å². The summed E-state index contributed by atoms with van der Waals surface area (Å²) in [4.78, 5) is 0. The van der Waals surface area contributed by atoms with E-state index in [0.29, 0.717) is 0 Å². The molecule has 0 saturated heterocycles. The first-order valence-corrected chi connectivity index (χ1v) is 7.20. The fraction of sp³-hybridized carbons (Fsp3) is 0.571. The van der Waals surface area contributed by atoms with Crippen LogP contribution in [0.2, 0.25) is 0 Å². The number of benzene rings is 1. The second-order valence-corrected chi connectivity index (χ2v) is 5.16. The van der Waals surface area contributed by atoms with Gasteiger partial charge in [-0.25, -0.2) is 0 Å². The van der Waals surface area contributed by atoms with E-state index in [1.54, 1.807) is 0 Å². The molecule has 0 aromatic heterocycles. The van der Waals surface area contributed by atoms with Crippen LogP contribution >= 0.6 is 15.9 Å². The maximum Gasteiger partial charge on any atom is 0.0208 e. The van der Waals surface area contributed by atoms with Crippen molar-refractivity contribution in [3.05, 3.63) is 33.8 Å². The van der Waals surface area contributed by atoms with Crippen LogP contribution in [0.1, 0.15) is 30.9 Å². The predicted octanol–water partition coefficient (Wildman–Crippen LogP) is 3.24. The molecule has 96 valence electrons. The molecule has 2 nitrogen and oxygen atoms in total. The van der Waals surface area contributed by atoms with Crippen molar-refractivity contribution in [2.45, 2.75) is 33.2 Å². The van der Waals surface area contributed by atoms with Crippen LogP contribution in [-0.4, -0.2) is 19.6 Å². The second kappa shape index (κ2) is 8.67. The van der Waals surface area contributed by atoms with E-state index in [-0.39, 0.29) is 0 Å². The Bertz CT molecular complexity index is 326. The molecule has 0 aliphatic heterocycles. The SMILES string of the molecule is CCCNCCCNCc1cccc(Br)c1C. The van der Waals surface area contributed by atoms with Crippen LogP contribution in [0.4, 0.5) is 0 Å². The van der Waals surface area contributed by atoms with Crippen LogP contribution in [0.3, 0.4) is 0 Å². The zero-order valence-corrected chi connectivity index (χ0v) is 12.4. The van der Waals surface area contributed by atoms with Crippen molar-refractivity contribution in [2.24, 2.45) is 0 Å². The lowest BCUT2D eigenvalue weighted by molar-refractivity contribution is 0.591. The van der Waals surface area contributed by atoms with Gasteiger partial charge < -0.3 is 10.6 Å². The van der Waals surface area contributed by atoms with E-state index in [1.807, 2.05) is 0 Å². The minimum atomic E-state index is 0.957. The largest absolute Gasteiger partial charge is 0.317 e. The maximum absolute atomic E-state index is 3.56. The highest BCUT2D eigenvalue weighted by molar-refractivity contribution is 9.10. The Morgan fingerprint density at radius 1 is 1.12 bits per heavy atom. The topological polar surface area (TPSA) is 24.1 Å². The highest BCUT2D eigenvalue weighted by Crippen LogP contribution is 2.18. The lowest BCUT2D eigenvalue weighted by Crippen LogP contribution is -2.22. The molecule has 0 fully saturated rings. The van der Waals surface area contributed by atoms with E-state index in [1.165, 1.54) is 28.4 Å². The molecular formula is C14H23BrN2. The summed E-state index contributed by atoms with van der Waals surface area (Å²) in [5, 5.41) is 6.89. The van der Waals surface area contributed by atoms with Gasteiger partial charge in [0, 0.05) is 11.0 Å². The van der Waals surface area contributed by atoms with Crippen molar-refractivity contribution < 1.29 is 0 Å². The van der Waals surface area contributed by atoms with Gasteiger partial charge >= 0.3 is 0 Å². The number of hydrogen-bond acceptors (Lipinski definition) is 2. The zero-order chi connectivity index (χ0) is 12.5. The quantitative estimate of drug-likeness (QED) is 0.720. The molecule has 0 spiro atoms. The van der Waals surface area contributed by atoms with Crippen molar-refractivity contribution in [1.29, 1.82) is 0 Å². The molecule has 2 N–H and O–H groups in total. The van der Waals surface area contributed by atoms with Crippen LogP contribution in [0.5, 0.6) is 0 Å². The normalized spacial score (nSPS) is 10.8. The molecule has 0 bridgehead atoms. The van der Waals surface area contributed by atoms with Gasteiger partial charge in [0.05, 0.1) is 0 Å². The summed E-state index contributed by atoms with van der Waals surface area (Å²) in [7, 11) is 0. The van der Waals surface area contributed by atoms with E-state index in [2.05, 4.69) is 58.6 Å². The van der Waals surface area contributed by atoms with E-state index < -0.39 is 0 Å². The third-order valence-corrected chi connectivity index (χ3v) is 3.69. The summed E-state index contributed by atoms with van der Waals surface area (Å²) in [5.41, 5.74) is 2.71. The van der Waals surface area contributed by atoms with Crippen molar-refractivity contribution in [3.63, 3.8) is 0 Å². The van der Waals surface area contributed by atoms with Crippen molar-refractivity contribution in [3.8, 4) is 0 Å². The molecule has 0 aliphatic rings. The maximum atomic E-state index is 3.56. The third kappa shape index (κ3) is 5.66. The van der Waals surface area contributed by atoms with Gasteiger partial charge in [-0.2, -0.15) is 0 Å². The summed E-state index contributed by atoms with van der Waals surface area (Å²) < 4.78 is 1.20. The van der Waals surface area contributed by atoms with E-state index in [0.717, 1.165) is 26.2 Å². The van der Waals surface area contributed by atoms with Crippen molar-refractivity contribution in [1.82, 2.24) is 10.6 Å². The molecule has 0 unspecified atom stereocenters. The number of halogens is 1. The Hall–Kier alpha value is -0.380. The Labute approximate surface area is 113 Å². The standard InChI is InChI=1S/C14H23BrN2/c1-3-8-16-9-5-10-17-11-13-6-4-7-14(15)12(13)2/h4,6-7,16-17H,3,5,8-11H2,1-2H3. The van der Waals surface area contributed by atoms with Gasteiger partial charge in [-0.1, -0.05) is 35.0 Å². The summed E-state index contributed by atoms with van der Waals surface area (Å²) in [5.74, 6) is 0. The Morgan fingerprint density at radius 2 is 1.88 bits per heavy atom. The molecule has 0 amide bonds. The number of hydrogen-bond donors (Lipinski definition) is 2. The molecule has 0 heterocycles. The molecule has 1 aromatic rings. The first-order valence-electron chi connectivity index (χ1n) is 6.41. The fourth-order valence-corrected chi connectivity index (χ4v) is 2.11. The second-order valence-electron chi connectivity index (χ2n) is 4.30. The molecule has 0 aliphatic carbocycles. The summed E-state index contributed by atoms with van der Waals surface area (Å²) >= 11 is 3.56. The number of rotatable bonds is 8. The zero-order valence-electron chi connectivity index (χ0n) is 10.9. The predicted molar refractivity (Wildman–Crippen MR) is 78.4 cm³/mol. The average Bonchev–Trinajstić information content (AvgIpc) is 2.33. The molecular weight excluding hydrogens is 276 g/mol. The highest BCUT2D eigenvalue weighted by atomic mass is 79.9. The van der Waals surface area contributed by atoms with Crippen LogP contribution in [0.25, 0.3) is 0 Å². The summed E-state index contributed by atoms with van der Waals surface area (Å²) in [6, 6.07) is 6.37. The Balaban J connectivity index is 2.16. The average molecular weight is 299 g/mol. The van der Waals surface area contributed by atoms with Crippen LogP contribution in [0.15, 0.2) is 22.7 Å². The third-order valence-electron chi connectivity index (χ3n) is 2.83. The minimum Gasteiger partial charge on any atom is -0.317 e. The lowest BCUT2D eigenvalue weighted by atomic mass is 10.1. The molecule has 17 heavy (non-hydrogen) atoms. The fourth-order valence-electron chi connectivity index (χ4n) is 1.71. The Morgan fingerprint density at radius 3 is 2.65 bits per heavy atom. The summed E-state index contributed by atoms with van der Waals surface area (Å²) in [6.07, 6.45) is 2.40.